The Morgan fingerprint density at radius 2 is 1.91 bits per heavy atom. The molecule has 178 valence electrons. The quantitative estimate of drug-likeness (QED) is 0.435. The van der Waals surface area contributed by atoms with Crippen molar-refractivity contribution >= 4 is 11.7 Å². The van der Waals surface area contributed by atoms with Crippen molar-refractivity contribution in [3.05, 3.63) is 77.8 Å². The summed E-state index contributed by atoms with van der Waals surface area (Å²) < 4.78 is 48.2. The van der Waals surface area contributed by atoms with E-state index in [1.807, 2.05) is 0 Å². The molecule has 1 fully saturated rings. The summed E-state index contributed by atoms with van der Waals surface area (Å²) in [5, 5.41) is 13.9. The molecule has 4 rings (SSSR count). The number of likely N-dealkylation sites (tertiary alicyclic amines) is 1. The zero-order valence-electron chi connectivity index (χ0n) is 18.2. The van der Waals surface area contributed by atoms with Gasteiger partial charge in [0.15, 0.2) is 18.2 Å². The molecule has 2 aromatic heterocycles. The Kier molecular flexibility index (Phi) is 6.64. The number of aromatic nitrogens is 3. The Labute approximate surface area is 193 Å². The van der Waals surface area contributed by atoms with Crippen molar-refractivity contribution < 1.29 is 27.4 Å². The maximum atomic E-state index is 14.6. The Balaban J connectivity index is 1.38. The molecule has 0 saturated carbocycles. The van der Waals surface area contributed by atoms with Crippen molar-refractivity contribution in [1.82, 2.24) is 14.9 Å². The van der Waals surface area contributed by atoms with E-state index in [2.05, 4.69) is 15.3 Å². The number of nitrogens with zero attached hydrogens (tertiary/aromatic N) is 4. The highest BCUT2D eigenvalue weighted by Crippen LogP contribution is 2.40. The minimum absolute atomic E-state index is 0.0411. The van der Waals surface area contributed by atoms with Gasteiger partial charge in [0.25, 0.3) is 5.92 Å². The van der Waals surface area contributed by atoms with Crippen LogP contribution in [0.2, 0.25) is 0 Å². The smallest absolute Gasteiger partial charge is 0.257 e. The predicted octanol–water partition coefficient (Wildman–Crippen LogP) is 3.49. The van der Waals surface area contributed by atoms with Crippen LogP contribution in [0.4, 0.5) is 19.0 Å². The van der Waals surface area contributed by atoms with Crippen LogP contribution in [0.1, 0.15) is 24.8 Å². The standard InChI is InChI=1S/C23H22F3N5O3/c1-15(30-11-8-23(25,26)19(14-30)16-6-9-31(33)10-7-16)22(32)29-20-12-28-21(13-27-20)34-18-4-2-17(24)3-5-18/h2-7,9-10,12-13,15,19H,8,11,14H2,1H3,(H,27,29,32)/t15?,19-/m1/s1. The SMILES string of the molecule is CC(C(=O)Nc1cnc(Oc2ccc(F)cc2)cn1)N1CCC(F)(F)[C@@H](c2cc[n+]([O-])cc2)C1. The zero-order chi connectivity index (χ0) is 24.3. The molecule has 1 unspecified atom stereocenters. The van der Waals surface area contributed by atoms with Gasteiger partial charge in [-0.3, -0.25) is 9.69 Å². The Morgan fingerprint density at radius 1 is 1.21 bits per heavy atom. The van der Waals surface area contributed by atoms with Gasteiger partial charge in [0.1, 0.15) is 11.6 Å². The third-order valence-electron chi connectivity index (χ3n) is 5.73. The molecule has 1 N–H and O–H groups in total. The van der Waals surface area contributed by atoms with E-state index in [1.165, 1.54) is 61.2 Å². The highest BCUT2D eigenvalue weighted by Gasteiger charge is 2.46. The maximum Gasteiger partial charge on any atom is 0.257 e. The van der Waals surface area contributed by atoms with Crippen molar-refractivity contribution in [2.45, 2.75) is 31.2 Å². The highest BCUT2D eigenvalue weighted by molar-refractivity contribution is 5.93. The van der Waals surface area contributed by atoms with Crippen LogP contribution < -0.4 is 14.8 Å². The Bertz CT molecular complexity index is 1130. The normalized spacial score (nSPS) is 18.8. The lowest BCUT2D eigenvalue weighted by molar-refractivity contribution is -0.605. The van der Waals surface area contributed by atoms with Crippen molar-refractivity contribution in [1.29, 1.82) is 0 Å². The lowest BCUT2D eigenvalue weighted by atomic mass is 9.87. The second-order valence-electron chi connectivity index (χ2n) is 8.01. The minimum atomic E-state index is -2.95. The lowest BCUT2D eigenvalue weighted by Crippen LogP contribution is -2.52. The number of benzene rings is 1. The van der Waals surface area contributed by atoms with Gasteiger partial charge in [0.2, 0.25) is 11.8 Å². The third-order valence-corrected chi connectivity index (χ3v) is 5.73. The van der Waals surface area contributed by atoms with E-state index in [4.69, 9.17) is 4.74 Å². The molecule has 1 aliphatic heterocycles. The third kappa shape index (κ3) is 5.42. The number of hydrogen-bond acceptors (Lipinski definition) is 6. The maximum absolute atomic E-state index is 14.6. The van der Waals surface area contributed by atoms with E-state index in [1.54, 1.807) is 11.8 Å². The topological polar surface area (TPSA) is 94.3 Å². The van der Waals surface area contributed by atoms with Crippen molar-refractivity contribution in [3.8, 4) is 11.6 Å². The van der Waals surface area contributed by atoms with Crippen molar-refractivity contribution in [2.75, 3.05) is 18.4 Å². The summed E-state index contributed by atoms with van der Waals surface area (Å²) in [7, 11) is 0. The number of anilines is 1. The van der Waals surface area contributed by atoms with E-state index in [0.717, 1.165) is 0 Å². The van der Waals surface area contributed by atoms with E-state index in [-0.39, 0.29) is 24.8 Å². The molecule has 1 aliphatic rings. The molecule has 3 heterocycles. The summed E-state index contributed by atoms with van der Waals surface area (Å²) in [6.45, 7) is 1.63. The average Bonchev–Trinajstić information content (AvgIpc) is 2.82. The zero-order valence-corrected chi connectivity index (χ0v) is 18.2. The number of pyridine rings is 1. The predicted molar refractivity (Wildman–Crippen MR) is 116 cm³/mol. The largest absolute Gasteiger partial charge is 0.619 e. The van der Waals surface area contributed by atoms with Gasteiger partial charge in [-0.1, -0.05) is 0 Å². The summed E-state index contributed by atoms with van der Waals surface area (Å²) in [6, 6.07) is 7.43. The summed E-state index contributed by atoms with van der Waals surface area (Å²) in [6.07, 6.45) is 4.57. The fourth-order valence-electron chi connectivity index (χ4n) is 3.74. The summed E-state index contributed by atoms with van der Waals surface area (Å²) >= 11 is 0. The van der Waals surface area contributed by atoms with Gasteiger partial charge in [0.05, 0.1) is 24.4 Å². The number of nitrogens with one attached hydrogen (secondary N) is 1. The first-order chi connectivity index (χ1) is 16.2. The number of ether oxygens (including phenoxy) is 1. The molecule has 2 atom stereocenters. The fourth-order valence-corrected chi connectivity index (χ4v) is 3.74. The lowest BCUT2D eigenvalue weighted by Gasteiger charge is -2.40. The second-order valence-corrected chi connectivity index (χ2v) is 8.01. The minimum Gasteiger partial charge on any atom is -0.619 e. The molecular formula is C23H22F3N5O3. The molecular weight excluding hydrogens is 451 g/mol. The number of halogens is 3. The van der Waals surface area contributed by atoms with E-state index in [9.17, 15) is 23.2 Å². The van der Waals surface area contributed by atoms with Gasteiger partial charge in [-0.25, -0.2) is 23.1 Å². The van der Waals surface area contributed by atoms with Gasteiger partial charge >= 0.3 is 0 Å². The monoisotopic (exact) mass is 473 g/mol. The molecule has 34 heavy (non-hydrogen) atoms. The number of carbonyl (C=O) groups is 1. The van der Waals surface area contributed by atoms with Crippen LogP contribution in [-0.2, 0) is 4.79 Å². The summed E-state index contributed by atoms with van der Waals surface area (Å²) in [4.78, 5) is 22.6. The number of alkyl halides is 2. The van der Waals surface area contributed by atoms with Gasteiger partial charge in [0, 0.05) is 31.6 Å². The highest BCUT2D eigenvalue weighted by atomic mass is 19.3. The fraction of sp³-hybridized carbons (Fsp3) is 0.304. The van der Waals surface area contributed by atoms with Crippen LogP contribution in [0.3, 0.4) is 0 Å². The first kappa shape index (κ1) is 23.4. The van der Waals surface area contributed by atoms with Crippen LogP contribution in [0.5, 0.6) is 11.6 Å². The summed E-state index contributed by atoms with van der Waals surface area (Å²) in [5.41, 5.74) is 0.344. The first-order valence-corrected chi connectivity index (χ1v) is 10.6. The van der Waals surface area contributed by atoms with Crippen LogP contribution in [0.15, 0.2) is 61.2 Å². The van der Waals surface area contributed by atoms with E-state index in [0.29, 0.717) is 16.0 Å². The van der Waals surface area contributed by atoms with E-state index < -0.39 is 36.0 Å². The molecule has 0 radical (unpaired) electrons. The van der Waals surface area contributed by atoms with E-state index >= 15 is 0 Å². The van der Waals surface area contributed by atoms with Gasteiger partial charge in [-0.05, 0) is 36.8 Å². The molecule has 11 heteroatoms. The Morgan fingerprint density at radius 3 is 2.56 bits per heavy atom. The van der Waals surface area contributed by atoms with Gasteiger partial charge in [-0.15, -0.1) is 0 Å². The number of amides is 1. The van der Waals surface area contributed by atoms with Gasteiger partial charge in [-0.2, -0.15) is 4.73 Å². The molecule has 1 aromatic carbocycles. The first-order valence-electron chi connectivity index (χ1n) is 10.6. The molecule has 0 aliphatic carbocycles. The molecule has 8 nitrogen and oxygen atoms in total. The van der Waals surface area contributed by atoms with Crippen LogP contribution in [0, 0.1) is 11.0 Å². The molecule has 1 amide bonds. The Hall–Kier alpha value is -3.73. The summed E-state index contributed by atoms with van der Waals surface area (Å²) in [5.74, 6) is -4.20. The number of hydrogen-bond donors (Lipinski definition) is 1. The number of piperidine rings is 1. The van der Waals surface area contributed by atoms with Crippen molar-refractivity contribution in [3.63, 3.8) is 0 Å². The number of carbonyl (C=O) groups excluding carboxylic acids is 1. The molecule has 0 spiro atoms. The van der Waals surface area contributed by atoms with Crippen molar-refractivity contribution in [2.24, 2.45) is 0 Å². The molecule has 1 saturated heterocycles. The number of rotatable bonds is 6. The molecule has 0 bridgehead atoms. The molecule has 3 aromatic rings. The van der Waals surface area contributed by atoms with Crippen LogP contribution in [0.25, 0.3) is 0 Å². The van der Waals surface area contributed by atoms with Gasteiger partial charge < -0.3 is 15.3 Å². The van der Waals surface area contributed by atoms with Crippen LogP contribution >= 0.6 is 0 Å². The average molecular weight is 473 g/mol. The van der Waals surface area contributed by atoms with Crippen LogP contribution in [-0.4, -0.2) is 45.8 Å². The second kappa shape index (κ2) is 9.64.